The average molecular weight is 451 g/mol. The van der Waals surface area contributed by atoms with Crippen LogP contribution in [0, 0.1) is 13.8 Å². The third-order valence-corrected chi connectivity index (χ3v) is 5.88. The fourth-order valence-electron chi connectivity index (χ4n) is 3.30. The fourth-order valence-corrected chi connectivity index (χ4v) is 4.17. The Morgan fingerprint density at radius 1 is 1.06 bits per heavy atom. The number of hydrogen-bond acceptors (Lipinski definition) is 7. The number of carbonyl (C=O) groups excluding carboxylic acids is 1. The molecule has 0 aliphatic rings. The van der Waals surface area contributed by atoms with E-state index in [0.717, 1.165) is 30.9 Å². The van der Waals surface area contributed by atoms with Gasteiger partial charge in [-0.1, -0.05) is 29.8 Å². The number of rotatable bonds is 7. The number of anilines is 2. The molecule has 9 nitrogen and oxygen atoms in total. The molecule has 1 amide bonds. The Labute approximate surface area is 187 Å². The highest BCUT2D eigenvalue weighted by molar-refractivity contribution is 7.18. The number of nitrogens with zero attached hydrogens (tertiary/aromatic N) is 4. The zero-order valence-electron chi connectivity index (χ0n) is 17.7. The van der Waals surface area contributed by atoms with Gasteiger partial charge in [0.05, 0.1) is 21.8 Å². The van der Waals surface area contributed by atoms with Crippen molar-refractivity contribution >= 4 is 39.1 Å². The van der Waals surface area contributed by atoms with Gasteiger partial charge in [0.2, 0.25) is 11.9 Å². The Balaban J connectivity index is 1.77. The van der Waals surface area contributed by atoms with Gasteiger partial charge in [0.1, 0.15) is 0 Å². The first-order valence-electron chi connectivity index (χ1n) is 10.00. The summed E-state index contributed by atoms with van der Waals surface area (Å²) < 4.78 is 3.30. The highest BCUT2D eigenvalue weighted by Gasteiger charge is 2.15. The molecular formula is C22H22N6O3S. The molecule has 2 aromatic heterocycles. The molecule has 0 bridgehead atoms. The van der Waals surface area contributed by atoms with Crippen LogP contribution in [0.1, 0.15) is 22.6 Å². The second-order valence-corrected chi connectivity index (χ2v) is 8.72. The molecule has 0 spiro atoms. The average Bonchev–Trinajstić information content (AvgIpc) is 3.11. The smallest absolute Gasteiger partial charge is 0.354 e. The molecule has 0 aliphatic heterocycles. The third kappa shape index (κ3) is 4.59. The van der Waals surface area contributed by atoms with Crippen LogP contribution >= 0.6 is 11.3 Å². The van der Waals surface area contributed by atoms with Crippen LogP contribution in [0.4, 0.5) is 11.6 Å². The van der Waals surface area contributed by atoms with Crippen molar-refractivity contribution in [1.29, 1.82) is 0 Å². The lowest BCUT2D eigenvalue weighted by Crippen LogP contribution is -2.43. The number of primary amides is 1. The van der Waals surface area contributed by atoms with E-state index in [-0.39, 0.29) is 25.5 Å². The van der Waals surface area contributed by atoms with Crippen LogP contribution in [0.15, 0.2) is 52.1 Å². The van der Waals surface area contributed by atoms with E-state index in [4.69, 9.17) is 5.73 Å². The summed E-state index contributed by atoms with van der Waals surface area (Å²) in [5.41, 5.74) is 7.41. The molecule has 4 rings (SSSR count). The van der Waals surface area contributed by atoms with Gasteiger partial charge in [0.25, 0.3) is 0 Å². The molecule has 4 aromatic rings. The Kier molecular flexibility index (Phi) is 5.87. The Morgan fingerprint density at radius 3 is 2.53 bits per heavy atom. The molecule has 0 saturated heterocycles. The third-order valence-electron chi connectivity index (χ3n) is 4.94. The molecule has 2 heterocycles. The number of amides is 1. The predicted molar refractivity (Wildman–Crippen MR) is 124 cm³/mol. The summed E-state index contributed by atoms with van der Waals surface area (Å²) in [5.74, 6) is -0.478. The summed E-state index contributed by atoms with van der Waals surface area (Å²) in [4.78, 5) is 45.5. The predicted octanol–water partition coefficient (Wildman–Crippen LogP) is 2.30. The Bertz CT molecular complexity index is 1420. The van der Waals surface area contributed by atoms with E-state index in [1.54, 1.807) is 11.3 Å². The van der Waals surface area contributed by atoms with Crippen LogP contribution in [0.25, 0.3) is 10.2 Å². The van der Waals surface area contributed by atoms with Crippen LogP contribution in [-0.2, 0) is 17.9 Å². The second kappa shape index (κ2) is 8.75. The number of nitrogens with one attached hydrogen (secondary N) is 1. The summed E-state index contributed by atoms with van der Waals surface area (Å²) in [6.45, 7) is 3.99. The fraction of sp³-hybridized carbons (Fsp3) is 0.227. The maximum atomic E-state index is 13.2. The van der Waals surface area contributed by atoms with E-state index in [1.165, 1.54) is 4.57 Å². The zero-order chi connectivity index (χ0) is 22.8. The monoisotopic (exact) mass is 450 g/mol. The Hall–Kier alpha value is -3.79. The zero-order valence-corrected chi connectivity index (χ0v) is 18.5. The Morgan fingerprint density at radius 2 is 1.81 bits per heavy atom. The minimum Gasteiger partial charge on any atom is -0.370 e. The van der Waals surface area contributed by atoms with Crippen molar-refractivity contribution < 1.29 is 4.79 Å². The summed E-state index contributed by atoms with van der Waals surface area (Å²) in [5, 5.41) is 4.05. The van der Waals surface area contributed by atoms with Gasteiger partial charge in [-0.2, -0.15) is 4.98 Å². The van der Waals surface area contributed by atoms with Crippen molar-refractivity contribution in [1.82, 2.24) is 19.1 Å². The van der Waals surface area contributed by atoms with Crippen LogP contribution in [0.3, 0.4) is 0 Å². The van der Waals surface area contributed by atoms with Crippen molar-refractivity contribution in [3.05, 3.63) is 79.6 Å². The van der Waals surface area contributed by atoms with Gasteiger partial charge in [0.15, 0.2) is 0 Å². The molecular weight excluding hydrogens is 428 g/mol. The first-order valence-corrected chi connectivity index (χ1v) is 10.8. The lowest BCUT2D eigenvalue weighted by atomic mass is 10.1. The molecule has 0 radical (unpaired) electrons. The highest BCUT2D eigenvalue weighted by Crippen LogP contribution is 2.26. The summed E-state index contributed by atoms with van der Waals surface area (Å²) in [6, 6.07) is 13.3. The lowest BCUT2D eigenvalue weighted by molar-refractivity contribution is -0.118. The van der Waals surface area contributed by atoms with Crippen LogP contribution in [-0.4, -0.2) is 25.0 Å². The SMILES string of the molecule is Cc1ccc(Cn2c(Nc3ccc4nc(C)sc4c3)nc(=O)n(CCC(N)=O)c2=O)cc1. The minimum atomic E-state index is -0.742. The maximum absolute atomic E-state index is 13.2. The summed E-state index contributed by atoms with van der Waals surface area (Å²) in [6.07, 6.45) is -0.129. The number of aromatic nitrogens is 4. The molecule has 3 N–H and O–H groups in total. The van der Waals surface area contributed by atoms with Crippen molar-refractivity contribution in [3.8, 4) is 0 Å². The molecule has 32 heavy (non-hydrogen) atoms. The molecule has 2 aromatic carbocycles. The first kappa shape index (κ1) is 21.4. The number of thiazole rings is 1. The van der Waals surface area contributed by atoms with Gasteiger partial charge >= 0.3 is 11.4 Å². The number of benzene rings is 2. The van der Waals surface area contributed by atoms with E-state index < -0.39 is 17.3 Å². The van der Waals surface area contributed by atoms with Crippen LogP contribution < -0.4 is 22.4 Å². The molecule has 0 unspecified atom stereocenters. The van der Waals surface area contributed by atoms with Gasteiger partial charge in [-0.3, -0.25) is 9.36 Å². The number of aryl methyl sites for hydroxylation is 2. The van der Waals surface area contributed by atoms with Crippen LogP contribution in [0.2, 0.25) is 0 Å². The number of carbonyl (C=O) groups is 1. The first-order chi connectivity index (χ1) is 15.3. The van der Waals surface area contributed by atoms with E-state index in [2.05, 4.69) is 15.3 Å². The van der Waals surface area contributed by atoms with E-state index in [1.807, 2.05) is 56.3 Å². The van der Waals surface area contributed by atoms with E-state index in [0.29, 0.717) is 5.69 Å². The molecule has 10 heteroatoms. The van der Waals surface area contributed by atoms with Crippen molar-refractivity contribution in [2.75, 3.05) is 5.32 Å². The van der Waals surface area contributed by atoms with Gasteiger partial charge in [-0.15, -0.1) is 11.3 Å². The number of hydrogen-bond donors (Lipinski definition) is 2. The van der Waals surface area contributed by atoms with Crippen molar-refractivity contribution in [2.45, 2.75) is 33.4 Å². The largest absolute Gasteiger partial charge is 0.370 e. The summed E-state index contributed by atoms with van der Waals surface area (Å²) in [7, 11) is 0. The number of nitrogens with two attached hydrogens (primary N) is 1. The van der Waals surface area contributed by atoms with E-state index >= 15 is 0 Å². The van der Waals surface area contributed by atoms with Crippen LogP contribution in [0.5, 0.6) is 0 Å². The quantitative estimate of drug-likeness (QED) is 0.445. The molecule has 0 saturated carbocycles. The lowest BCUT2D eigenvalue weighted by Gasteiger charge is -2.15. The summed E-state index contributed by atoms with van der Waals surface area (Å²) >= 11 is 1.55. The van der Waals surface area contributed by atoms with Gasteiger partial charge in [-0.05, 0) is 37.6 Å². The van der Waals surface area contributed by atoms with Gasteiger partial charge in [-0.25, -0.2) is 19.1 Å². The van der Waals surface area contributed by atoms with Gasteiger partial charge in [0, 0.05) is 18.7 Å². The topological polar surface area (TPSA) is 125 Å². The second-order valence-electron chi connectivity index (χ2n) is 7.48. The minimum absolute atomic E-state index is 0.122. The highest BCUT2D eigenvalue weighted by atomic mass is 32.1. The van der Waals surface area contributed by atoms with Crippen molar-refractivity contribution in [2.24, 2.45) is 5.73 Å². The van der Waals surface area contributed by atoms with Gasteiger partial charge < -0.3 is 11.1 Å². The number of fused-ring (bicyclic) bond motifs is 1. The maximum Gasteiger partial charge on any atom is 0.354 e. The van der Waals surface area contributed by atoms with Crippen molar-refractivity contribution in [3.63, 3.8) is 0 Å². The molecule has 0 atom stereocenters. The normalized spacial score (nSPS) is 11.1. The standard InChI is InChI=1S/C22H22N6O3S/c1-13-3-5-15(6-4-13)12-28-20(26-21(30)27(22(28)31)10-9-19(23)29)25-16-7-8-17-18(11-16)32-14(2)24-17/h3-8,11H,9-10,12H2,1-2H3,(H2,23,29)(H,25,26,30). The molecule has 164 valence electrons. The molecule has 0 fully saturated rings. The van der Waals surface area contributed by atoms with E-state index in [9.17, 15) is 14.4 Å². The molecule has 0 aliphatic carbocycles.